The molecule has 1 aliphatic carbocycles. The van der Waals surface area contributed by atoms with E-state index >= 15 is 0 Å². The highest BCUT2D eigenvalue weighted by Gasteiger charge is 2.21. The number of rotatable bonds is 4. The van der Waals surface area contributed by atoms with Crippen LogP contribution < -0.4 is 10.2 Å². The molecule has 0 amide bonds. The molecule has 0 heterocycles. The maximum atomic E-state index is 5.99. The smallest absolute Gasteiger partial charge is 0.0597 e. The second-order valence-electron chi connectivity index (χ2n) is 4.38. The van der Waals surface area contributed by atoms with Crippen molar-refractivity contribution in [3.05, 3.63) is 23.2 Å². The highest BCUT2D eigenvalue weighted by molar-refractivity contribution is 6.31. The van der Waals surface area contributed by atoms with Crippen molar-refractivity contribution < 1.29 is 0 Å². The van der Waals surface area contributed by atoms with Crippen LogP contribution in [0.1, 0.15) is 12.8 Å². The van der Waals surface area contributed by atoms with Gasteiger partial charge in [-0.25, -0.2) is 0 Å². The molecule has 0 bridgehead atoms. The Bertz CT molecular complexity index is 345. The maximum absolute atomic E-state index is 5.99. The summed E-state index contributed by atoms with van der Waals surface area (Å²) in [7, 11) is 4.09. The summed E-state index contributed by atoms with van der Waals surface area (Å²) in [5, 5.41) is 4.26. The molecule has 1 saturated carbocycles. The number of halogens is 1. The summed E-state index contributed by atoms with van der Waals surface area (Å²) >= 11 is 5.99. The number of anilines is 2. The van der Waals surface area contributed by atoms with Gasteiger partial charge in [0, 0.05) is 25.7 Å². The minimum Gasteiger partial charge on any atom is -0.383 e. The Morgan fingerprint density at radius 1 is 1.40 bits per heavy atom. The van der Waals surface area contributed by atoms with Crippen LogP contribution in [0, 0.1) is 5.92 Å². The number of nitrogens with one attached hydrogen (secondary N) is 1. The van der Waals surface area contributed by atoms with E-state index in [4.69, 9.17) is 11.6 Å². The zero-order valence-corrected chi connectivity index (χ0v) is 10.0. The third-order valence-electron chi connectivity index (χ3n) is 2.72. The van der Waals surface area contributed by atoms with Crippen LogP contribution >= 0.6 is 11.6 Å². The molecule has 1 N–H and O–H groups in total. The van der Waals surface area contributed by atoms with E-state index in [0.717, 1.165) is 23.2 Å². The summed E-state index contributed by atoms with van der Waals surface area (Å²) < 4.78 is 0. The van der Waals surface area contributed by atoms with Crippen LogP contribution in [-0.2, 0) is 0 Å². The van der Waals surface area contributed by atoms with Crippen molar-refractivity contribution in [3.8, 4) is 0 Å². The van der Waals surface area contributed by atoms with Crippen LogP contribution in [-0.4, -0.2) is 20.6 Å². The van der Waals surface area contributed by atoms with Gasteiger partial charge in [0.05, 0.1) is 11.4 Å². The fraction of sp³-hybridized carbons (Fsp3) is 0.500. The van der Waals surface area contributed by atoms with Crippen LogP contribution in [0.5, 0.6) is 0 Å². The minimum absolute atomic E-state index is 0.791. The van der Waals surface area contributed by atoms with Crippen molar-refractivity contribution in [3.63, 3.8) is 0 Å². The molecule has 0 aliphatic heterocycles. The monoisotopic (exact) mass is 224 g/mol. The zero-order chi connectivity index (χ0) is 10.8. The van der Waals surface area contributed by atoms with Gasteiger partial charge in [0.25, 0.3) is 0 Å². The maximum Gasteiger partial charge on any atom is 0.0597 e. The van der Waals surface area contributed by atoms with E-state index in [9.17, 15) is 0 Å². The molecule has 3 heteroatoms. The topological polar surface area (TPSA) is 15.3 Å². The summed E-state index contributed by atoms with van der Waals surface area (Å²) in [5.74, 6) is 0.874. The second-order valence-corrected chi connectivity index (χ2v) is 4.82. The molecule has 2 nitrogen and oxygen atoms in total. The molecule has 0 aromatic heterocycles. The van der Waals surface area contributed by atoms with Crippen LogP contribution in [0.3, 0.4) is 0 Å². The molecule has 82 valence electrons. The van der Waals surface area contributed by atoms with Crippen molar-refractivity contribution in [1.82, 2.24) is 0 Å². The van der Waals surface area contributed by atoms with Crippen LogP contribution in [0.2, 0.25) is 5.02 Å². The molecule has 0 saturated heterocycles. The standard InChI is InChI=1S/C12H17ClN2/c1-15(2)12-6-5-10(13)7-11(12)14-8-9-3-4-9/h5-7,9,14H,3-4,8H2,1-2H3. The lowest BCUT2D eigenvalue weighted by Gasteiger charge is -2.18. The van der Waals surface area contributed by atoms with Gasteiger partial charge in [-0.05, 0) is 37.0 Å². The van der Waals surface area contributed by atoms with Crippen molar-refractivity contribution >= 4 is 23.0 Å². The average Bonchev–Trinajstić information content (AvgIpc) is 2.97. The molecule has 1 aromatic rings. The summed E-state index contributed by atoms with van der Waals surface area (Å²) in [6, 6.07) is 5.98. The second kappa shape index (κ2) is 4.31. The SMILES string of the molecule is CN(C)c1ccc(Cl)cc1NCC1CC1. The Morgan fingerprint density at radius 2 is 2.13 bits per heavy atom. The van der Waals surface area contributed by atoms with Crippen molar-refractivity contribution in [1.29, 1.82) is 0 Å². The number of hydrogen-bond acceptors (Lipinski definition) is 2. The molecule has 1 fully saturated rings. The molecular weight excluding hydrogens is 208 g/mol. The lowest BCUT2D eigenvalue weighted by molar-refractivity contribution is 0.888. The van der Waals surface area contributed by atoms with Crippen LogP contribution in [0.4, 0.5) is 11.4 Å². The van der Waals surface area contributed by atoms with Crippen molar-refractivity contribution in [2.75, 3.05) is 30.9 Å². The van der Waals surface area contributed by atoms with Gasteiger partial charge in [0.15, 0.2) is 0 Å². The Labute approximate surface area is 96.2 Å². The Kier molecular flexibility index (Phi) is 3.06. The molecule has 0 radical (unpaired) electrons. The fourth-order valence-electron chi connectivity index (χ4n) is 1.62. The molecule has 0 unspecified atom stereocenters. The van der Waals surface area contributed by atoms with E-state index in [2.05, 4.69) is 16.3 Å². The summed E-state index contributed by atoms with van der Waals surface area (Å²) in [6.45, 7) is 1.07. The van der Waals surface area contributed by atoms with Gasteiger partial charge >= 0.3 is 0 Å². The normalized spacial score (nSPS) is 15.1. The van der Waals surface area contributed by atoms with E-state index in [-0.39, 0.29) is 0 Å². The largest absolute Gasteiger partial charge is 0.383 e. The van der Waals surface area contributed by atoms with Gasteiger partial charge in [-0.2, -0.15) is 0 Å². The fourth-order valence-corrected chi connectivity index (χ4v) is 1.79. The Balaban J connectivity index is 2.13. The molecular formula is C12H17ClN2. The van der Waals surface area contributed by atoms with E-state index < -0.39 is 0 Å². The molecule has 15 heavy (non-hydrogen) atoms. The summed E-state index contributed by atoms with van der Waals surface area (Å²) in [6.07, 6.45) is 2.73. The quantitative estimate of drug-likeness (QED) is 0.845. The molecule has 0 atom stereocenters. The average molecular weight is 225 g/mol. The third kappa shape index (κ3) is 2.78. The van der Waals surface area contributed by atoms with Crippen molar-refractivity contribution in [2.45, 2.75) is 12.8 Å². The number of nitrogens with zero attached hydrogens (tertiary/aromatic N) is 1. The molecule has 1 aromatic carbocycles. The van der Waals surface area contributed by atoms with Gasteiger partial charge in [-0.3, -0.25) is 0 Å². The summed E-state index contributed by atoms with van der Waals surface area (Å²) in [4.78, 5) is 2.10. The van der Waals surface area contributed by atoms with Gasteiger partial charge in [0.2, 0.25) is 0 Å². The zero-order valence-electron chi connectivity index (χ0n) is 9.26. The van der Waals surface area contributed by atoms with E-state index in [1.165, 1.54) is 18.5 Å². The van der Waals surface area contributed by atoms with Gasteiger partial charge in [-0.15, -0.1) is 0 Å². The highest BCUT2D eigenvalue weighted by Crippen LogP contribution is 2.32. The van der Waals surface area contributed by atoms with E-state index in [0.29, 0.717) is 0 Å². The molecule has 0 spiro atoms. The first-order valence-electron chi connectivity index (χ1n) is 5.37. The first kappa shape index (κ1) is 10.6. The van der Waals surface area contributed by atoms with E-state index in [1.807, 2.05) is 26.2 Å². The lowest BCUT2D eigenvalue weighted by Crippen LogP contribution is -2.13. The predicted molar refractivity (Wildman–Crippen MR) is 67.0 cm³/mol. The minimum atomic E-state index is 0.791. The van der Waals surface area contributed by atoms with Crippen LogP contribution in [0.15, 0.2) is 18.2 Å². The number of hydrogen-bond donors (Lipinski definition) is 1. The predicted octanol–water partition coefficient (Wildman–Crippen LogP) is 3.23. The van der Waals surface area contributed by atoms with Crippen molar-refractivity contribution in [2.24, 2.45) is 5.92 Å². The van der Waals surface area contributed by atoms with Gasteiger partial charge in [-0.1, -0.05) is 11.6 Å². The molecule has 2 rings (SSSR count). The lowest BCUT2D eigenvalue weighted by atomic mass is 10.2. The number of benzene rings is 1. The Hall–Kier alpha value is -0.890. The first-order valence-corrected chi connectivity index (χ1v) is 5.75. The first-order chi connectivity index (χ1) is 7.16. The summed E-state index contributed by atoms with van der Waals surface area (Å²) in [5.41, 5.74) is 2.33. The van der Waals surface area contributed by atoms with Crippen LogP contribution in [0.25, 0.3) is 0 Å². The van der Waals surface area contributed by atoms with E-state index in [1.54, 1.807) is 0 Å². The third-order valence-corrected chi connectivity index (χ3v) is 2.95. The van der Waals surface area contributed by atoms with Gasteiger partial charge < -0.3 is 10.2 Å². The Morgan fingerprint density at radius 3 is 2.73 bits per heavy atom. The highest BCUT2D eigenvalue weighted by atomic mass is 35.5. The molecule has 1 aliphatic rings. The van der Waals surface area contributed by atoms with Gasteiger partial charge in [0.1, 0.15) is 0 Å².